The van der Waals surface area contributed by atoms with Crippen molar-refractivity contribution in [2.75, 3.05) is 19.8 Å². The number of rotatable bonds is 5. The van der Waals surface area contributed by atoms with E-state index in [1.807, 2.05) is 0 Å². The van der Waals surface area contributed by atoms with E-state index in [-0.39, 0.29) is 0 Å². The summed E-state index contributed by atoms with van der Waals surface area (Å²) in [5.41, 5.74) is 0. The van der Waals surface area contributed by atoms with Gasteiger partial charge in [-0.25, -0.2) is 0 Å². The third-order valence-electron chi connectivity index (χ3n) is 2.96. The van der Waals surface area contributed by atoms with Crippen molar-refractivity contribution in [1.29, 1.82) is 0 Å². The van der Waals surface area contributed by atoms with Crippen LogP contribution < -0.4 is 5.32 Å². The lowest BCUT2D eigenvalue weighted by Gasteiger charge is -2.23. The number of hydrogen-bond donors (Lipinski definition) is 1. The van der Waals surface area contributed by atoms with E-state index in [4.69, 9.17) is 4.74 Å². The van der Waals surface area contributed by atoms with Gasteiger partial charge in [-0.15, -0.1) is 10.2 Å². The molecule has 1 aliphatic heterocycles. The van der Waals surface area contributed by atoms with Gasteiger partial charge in [-0.1, -0.05) is 6.92 Å². The van der Waals surface area contributed by atoms with E-state index in [2.05, 4.69) is 27.0 Å². The van der Waals surface area contributed by atoms with Gasteiger partial charge < -0.3 is 14.6 Å². The molecule has 1 N–H and O–H groups in total. The maximum Gasteiger partial charge on any atom is 0.132 e. The predicted octanol–water partition coefficient (Wildman–Crippen LogP) is 0.609. The smallest absolute Gasteiger partial charge is 0.132 e. The molecular weight excluding hydrogens is 204 g/mol. The van der Waals surface area contributed by atoms with Crippen molar-refractivity contribution < 1.29 is 4.74 Å². The van der Waals surface area contributed by atoms with Crippen LogP contribution in [0.4, 0.5) is 0 Å². The van der Waals surface area contributed by atoms with Crippen molar-refractivity contribution in [1.82, 2.24) is 20.1 Å². The number of aromatic nitrogens is 3. The van der Waals surface area contributed by atoms with Crippen molar-refractivity contribution in [2.24, 2.45) is 0 Å². The van der Waals surface area contributed by atoms with E-state index in [9.17, 15) is 0 Å². The fraction of sp³-hybridized carbons (Fsp3) is 0.818. The van der Waals surface area contributed by atoms with Crippen LogP contribution in [0.5, 0.6) is 0 Å². The third kappa shape index (κ3) is 3.02. The highest BCUT2D eigenvalue weighted by atomic mass is 16.5. The van der Waals surface area contributed by atoms with Crippen LogP contribution in [0, 0.1) is 0 Å². The van der Waals surface area contributed by atoms with Crippen molar-refractivity contribution in [3.8, 4) is 0 Å². The minimum absolute atomic E-state index is 0.523. The van der Waals surface area contributed by atoms with Crippen molar-refractivity contribution in [3.63, 3.8) is 0 Å². The van der Waals surface area contributed by atoms with Crippen LogP contribution in [0.2, 0.25) is 0 Å². The summed E-state index contributed by atoms with van der Waals surface area (Å²) in [7, 11) is 0. The van der Waals surface area contributed by atoms with Crippen LogP contribution in [0.1, 0.15) is 25.6 Å². The SMILES string of the molecule is CCc1nncn1CCNC1CCCOC1. The second-order valence-corrected chi connectivity index (χ2v) is 4.16. The number of ether oxygens (including phenoxy) is 1. The highest BCUT2D eigenvalue weighted by Gasteiger charge is 2.12. The van der Waals surface area contributed by atoms with E-state index < -0.39 is 0 Å². The highest BCUT2D eigenvalue weighted by molar-refractivity contribution is 4.84. The molecule has 5 nitrogen and oxygen atoms in total. The average Bonchev–Trinajstić information content (AvgIpc) is 2.78. The molecule has 1 aromatic rings. The Bertz CT molecular complexity index is 307. The molecule has 1 aliphatic rings. The molecule has 90 valence electrons. The Morgan fingerprint density at radius 2 is 2.56 bits per heavy atom. The van der Waals surface area contributed by atoms with Gasteiger partial charge in [-0.2, -0.15) is 0 Å². The molecule has 0 aromatic carbocycles. The molecule has 1 fully saturated rings. The quantitative estimate of drug-likeness (QED) is 0.796. The van der Waals surface area contributed by atoms with Crippen LogP contribution in [-0.2, 0) is 17.7 Å². The minimum Gasteiger partial charge on any atom is -0.380 e. The maximum atomic E-state index is 5.42. The van der Waals surface area contributed by atoms with Crippen molar-refractivity contribution in [2.45, 2.75) is 38.8 Å². The second kappa shape index (κ2) is 5.96. The summed E-state index contributed by atoms with van der Waals surface area (Å²) in [5, 5.41) is 11.5. The van der Waals surface area contributed by atoms with Crippen molar-refractivity contribution >= 4 is 0 Å². The topological polar surface area (TPSA) is 52.0 Å². The zero-order valence-electron chi connectivity index (χ0n) is 9.85. The summed E-state index contributed by atoms with van der Waals surface area (Å²) in [4.78, 5) is 0. The molecule has 1 atom stereocenters. The first-order valence-electron chi connectivity index (χ1n) is 6.08. The van der Waals surface area contributed by atoms with Crippen LogP contribution in [0.15, 0.2) is 6.33 Å². The van der Waals surface area contributed by atoms with Crippen LogP contribution in [-0.4, -0.2) is 40.6 Å². The van der Waals surface area contributed by atoms with E-state index >= 15 is 0 Å². The molecule has 0 amide bonds. The Morgan fingerprint density at radius 3 is 3.31 bits per heavy atom. The first kappa shape index (κ1) is 11.5. The van der Waals surface area contributed by atoms with Gasteiger partial charge in [-0.3, -0.25) is 0 Å². The minimum atomic E-state index is 0.523. The molecule has 16 heavy (non-hydrogen) atoms. The molecule has 0 bridgehead atoms. The zero-order valence-corrected chi connectivity index (χ0v) is 9.85. The van der Waals surface area contributed by atoms with Gasteiger partial charge in [-0.05, 0) is 12.8 Å². The first-order chi connectivity index (χ1) is 7.90. The Morgan fingerprint density at radius 1 is 1.62 bits per heavy atom. The Balaban J connectivity index is 1.71. The second-order valence-electron chi connectivity index (χ2n) is 4.16. The van der Waals surface area contributed by atoms with Crippen molar-refractivity contribution in [3.05, 3.63) is 12.2 Å². The summed E-state index contributed by atoms with van der Waals surface area (Å²) in [6, 6.07) is 0.523. The molecule has 1 aromatic heterocycles. The van der Waals surface area contributed by atoms with Gasteiger partial charge in [0, 0.05) is 32.2 Å². The van der Waals surface area contributed by atoms with Gasteiger partial charge in [0.25, 0.3) is 0 Å². The molecule has 0 saturated carbocycles. The molecule has 1 unspecified atom stereocenters. The van der Waals surface area contributed by atoms with Gasteiger partial charge in [0.05, 0.1) is 6.61 Å². The van der Waals surface area contributed by atoms with Gasteiger partial charge in [0.15, 0.2) is 0 Å². The summed E-state index contributed by atoms with van der Waals surface area (Å²) in [6.07, 6.45) is 5.14. The van der Waals surface area contributed by atoms with Gasteiger partial charge in [0.2, 0.25) is 0 Å². The van der Waals surface area contributed by atoms with E-state index in [0.717, 1.165) is 38.5 Å². The number of nitrogens with zero attached hydrogens (tertiary/aromatic N) is 3. The summed E-state index contributed by atoms with van der Waals surface area (Å²) >= 11 is 0. The molecule has 2 rings (SSSR count). The van der Waals surface area contributed by atoms with Crippen LogP contribution in [0.3, 0.4) is 0 Å². The fourth-order valence-electron chi connectivity index (χ4n) is 2.03. The van der Waals surface area contributed by atoms with Crippen LogP contribution >= 0.6 is 0 Å². The summed E-state index contributed by atoms with van der Waals surface area (Å²) in [5.74, 6) is 1.06. The molecule has 0 aliphatic carbocycles. The number of aryl methyl sites for hydroxylation is 1. The standard InChI is InChI=1S/C11H20N4O/c1-2-11-14-13-9-15(11)6-5-12-10-4-3-7-16-8-10/h9-10,12H,2-8H2,1H3. The summed E-state index contributed by atoms with van der Waals surface area (Å²) < 4.78 is 7.53. The molecule has 5 heteroatoms. The Labute approximate surface area is 96.2 Å². The monoisotopic (exact) mass is 224 g/mol. The maximum absolute atomic E-state index is 5.42. The third-order valence-corrected chi connectivity index (χ3v) is 2.96. The lowest BCUT2D eigenvalue weighted by Crippen LogP contribution is -2.38. The van der Waals surface area contributed by atoms with E-state index in [1.54, 1.807) is 6.33 Å². The summed E-state index contributed by atoms with van der Waals surface area (Å²) in [6.45, 7) is 5.76. The van der Waals surface area contributed by atoms with E-state index in [0.29, 0.717) is 6.04 Å². The predicted molar refractivity (Wildman–Crippen MR) is 61.2 cm³/mol. The lowest BCUT2D eigenvalue weighted by molar-refractivity contribution is 0.0703. The largest absolute Gasteiger partial charge is 0.380 e. The fourth-order valence-corrected chi connectivity index (χ4v) is 2.03. The number of hydrogen-bond acceptors (Lipinski definition) is 4. The molecular formula is C11H20N4O. The normalized spacial score (nSPS) is 21.2. The molecule has 0 radical (unpaired) electrons. The van der Waals surface area contributed by atoms with E-state index in [1.165, 1.54) is 12.8 Å². The Kier molecular flexibility index (Phi) is 4.30. The van der Waals surface area contributed by atoms with Crippen LogP contribution in [0.25, 0.3) is 0 Å². The molecule has 0 spiro atoms. The molecule has 2 heterocycles. The van der Waals surface area contributed by atoms with Gasteiger partial charge in [0.1, 0.15) is 12.2 Å². The average molecular weight is 224 g/mol. The van der Waals surface area contributed by atoms with Gasteiger partial charge >= 0.3 is 0 Å². The first-order valence-corrected chi connectivity index (χ1v) is 6.08. The molecule has 1 saturated heterocycles. The Hall–Kier alpha value is -0.940. The lowest BCUT2D eigenvalue weighted by atomic mass is 10.1. The number of nitrogens with one attached hydrogen (secondary N) is 1. The zero-order chi connectivity index (χ0) is 11.2. The highest BCUT2D eigenvalue weighted by Crippen LogP contribution is 2.05.